The highest BCUT2D eigenvalue weighted by atomic mass is 16.5. The van der Waals surface area contributed by atoms with Crippen molar-refractivity contribution in [3.63, 3.8) is 0 Å². The number of nitrogens with one attached hydrogen (secondary N) is 2. The maximum atomic E-state index is 12.0. The number of anilines is 1. The Hall–Kier alpha value is -3.02. The summed E-state index contributed by atoms with van der Waals surface area (Å²) in [5.74, 6) is 0.942. The van der Waals surface area contributed by atoms with Gasteiger partial charge in [-0.25, -0.2) is 0 Å². The van der Waals surface area contributed by atoms with Gasteiger partial charge in [0.2, 0.25) is 11.8 Å². The summed E-state index contributed by atoms with van der Waals surface area (Å²) >= 11 is 0. The minimum atomic E-state index is -0.350. The molecule has 6 heteroatoms. The van der Waals surface area contributed by atoms with E-state index in [9.17, 15) is 9.59 Å². The van der Waals surface area contributed by atoms with E-state index in [2.05, 4.69) is 24.5 Å². The summed E-state index contributed by atoms with van der Waals surface area (Å²) in [5, 5.41) is 5.47. The predicted octanol–water partition coefficient (Wildman–Crippen LogP) is 3.47. The molecule has 0 aromatic heterocycles. The summed E-state index contributed by atoms with van der Waals surface area (Å²) in [6, 6.07) is 13.0. The van der Waals surface area contributed by atoms with Crippen LogP contribution in [0.1, 0.15) is 37.3 Å². The summed E-state index contributed by atoms with van der Waals surface area (Å²) in [4.78, 5) is 24.0. The number of hydrogen-bond acceptors (Lipinski definition) is 4. The maximum Gasteiger partial charge on any atom is 0.233 e. The summed E-state index contributed by atoms with van der Waals surface area (Å²) in [7, 11) is 3.12. The zero-order chi connectivity index (χ0) is 19.8. The highest BCUT2D eigenvalue weighted by molar-refractivity contribution is 6.03. The second-order valence-electron chi connectivity index (χ2n) is 6.47. The van der Waals surface area contributed by atoms with Crippen molar-refractivity contribution in [3.05, 3.63) is 53.6 Å². The van der Waals surface area contributed by atoms with E-state index in [4.69, 9.17) is 9.47 Å². The van der Waals surface area contributed by atoms with Gasteiger partial charge in [-0.1, -0.05) is 32.0 Å². The standard InChI is InChI=1S/C21H26N2O4/c1-14(2)16-6-8-17(9-7-16)23-21(25)12-20(24)22-13-15-5-10-18(26-3)19(11-15)27-4/h5-11,14H,12-13H2,1-4H3,(H,22,24)(H,23,25). The molecule has 0 atom stereocenters. The number of carbonyl (C=O) groups excluding carboxylic acids is 2. The number of amides is 2. The fourth-order valence-electron chi connectivity index (χ4n) is 2.56. The first-order valence-electron chi connectivity index (χ1n) is 8.80. The Morgan fingerprint density at radius 3 is 2.19 bits per heavy atom. The SMILES string of the molecule is COc1ccc(CNC(=O)CC(=O)Nc2ccc(C(C)C)cc2)cc1OC. The van der Waals surface area contributed by atoms with Gasteiger partial charge in [0, 0.05) is 12.2 Å². The van der Waals surface area contributed by atoms with Crippen LogP contribution in [0.5, 0.6) is 11.5 Å². The number of hydrogen-bond donors (Lipinski definition) is 2. The Morgan fingerprint density at radius 2 is 1.59 bits per heavy atom. The van der Waals surface area contributed by atoms with Gasteiger partial charge >= 0.3 is 0 Å². The van der Waals surface area contributed by atoms with Crippen molar-refractivity contribution < 1.29 is 19.1 Å². The van der Waals surface area contributed by atoms with Gasteiger partial charge < -0.3 is 20.1 Å². The highest BCUT2D eigenvalue weighted by Crippen LogP contribution is 2.27. The molecule has 0 radical (unpaired) electrons. The number of methoxy groups -OCH3 is 2. The number of ether oxygens (including phenoxy) is 2. The van der Waals surface area contributed by atoms with Crippen molar-refractivity contribution in [1.82, 2.24) is 5.32 Å². The molecular formula is C21H26N2O4. The third-order valence-corrected chi connectivity index (χ3v) is 4.12. The Balaban J connectivity index is 1.83. The third kappa shape index (κ3) is 6.02. The number of carbonyl (C=O) groups is 2. The van der Waals surface area contributed by atoms with Crippen molar-refractivity contribution in [1.29, 1.82) is 0 Å². The van der Waals surface area contributed by atoms with Gasteiger partial charge in [0.1, 0.15) is 6.42 Å². The van der Waals surface area contributed by atoms with Gasteiger partial charge in [-0.15, -0.1) is 0 Å². The van der Waals surface area contributed by atoms with Crippen molar-refractivity contribution in [2.75, 3.05) is 19.5 Å². The zero-order valence-electron chi connectivity index (χ0n) is 16.2. The fourth-order valence-corrected chi connectivity index (χ4v) is 2.56. The molecule has 0 fully saturated rings. The number of rotatable bonds is 8. The van der Waals surface area contributed by atoms with Crippen LogP contribution >= 0.6 is 0 Å². The largest absolute Gasteiger partial charge is 0.493 e. The Labute approximate surface area is 159 Å². The van der Waals surface area contributed by atoms with E-state index < -0.39 is 0 Å². The lowest BCUT2D eigenvalue weighted by Crippen LogP contribution is -2.27. The molecule has 0 aliphatic heterocycles. The first kappa shape index (κ1) is 20.3. The molecule has 0 aliphatic rings. The Bertz CT molecular complexity index is 785. The second-order valence-corrected chi connectivity index (χ2v) is 6.47. The van der Waals surface area contributed by atoms with Crippen LogP contribution < -0.4 is 20.1 Å². The average Bonchev–Trinajstić information content (AvgIpc) is 2.66. The Kier molecular flexibility index (Phi) is 7.23. The van der Waals surface area contributed by atoms with Crippen LogP contribution in [-0.4, -0.2) is 26.0 Å². The van der Waals surface area contributed by atoms with Crippen molar-refractivity contribution in [3.8, 4) is 11.5 Å². The van der Waals surface area contributed by atoms with Crippen LogP contribution in [0.4, 0.5) is 5.69 Å². The molecule has 0 saturated carbocycles. The Morgan fingerprint density at radius 1 is 0.926 bits per heavy atom. The smallest absolute Gasteiger partial charge is 0.233 e. The molecule has 0 aliphatic carbocycles. The van der Waals surface area contributed by atoms with Gasteiger partial charge in [0.25, 0.3) is 0 Å². The van der Waals surface area contributed by atoms with Crippen molar-refractivity contribution in [2.45, 2.75) is 32.7 Å². The summed E-state index contributed by atoms with van der Waals surface area (Å²) < 4.78 is 10.4. The molecule has 2 amide bonds. The van der Waals surface area contributed by atoms with E-state index in [1.165, 1.54) is 5.56 Å². The minimum absolute atomic E-state index is 0.237. The van der Waals surface area contributed by atoms with E-state index >= 15 is 0 Å². The van der Waals surface area contributed by atoms with Gasteiger partial charge in [0.15, 0.2) is 11.5 Å². The van der Waals surface area contributed by atoms with E-state index in [0.717, 1.165) is 5.56 Å². The first-order valence-corrected chi connectivity index (χ1v) is 8.80. The molecule has 0 spiro atoms. The van der Waals surface area contributed by atoms with Gasteiger partial charge in [-0.2, -0.15) is 0 Å². The van der Waals surface area contributed by atoms with Crippen molar-refractivity contribution in [2.24, 2.45) is 0 Å². The fraction of sp³-hybridized carbons (Fsp3) is 0.333. The second kappa shape index (κ2) is 9.62. The molecule has 144 valence electrons. The molecule has 27 heavy (non-hydrogen) atoms. The van der Waals surface area contributed by atoms with Gasteiger partial charge in [0.05, 0.1) is 14.2 Å². The van der Waals surface area contributed by atoms with Crippen LogP contribution in [0.2, 0.25) is 0 Å². The topological polar surface area (TPSA) is 76.7 Å². The molecule has 6 nitrogen and oxygen atoms in total. The van der Waals surface area contributed by atoms with E-state index in [-0.39, 0.29) is 18.2 Å². The molecule has 2 aromatic carbocycles. The molecule has 0 unspecified atom stereocenters. The lowest BCUT2D eigenvalue weighted by molar-refractivity contribution is -0.126. The van der Waals surface area contributed by atoms with Crippen molar-refractivity contribution >= 4 is 17.5 Å². The van der Waals surface area contributed by atoms with E-state index in [0.29, 0.717) is 29.6 Å². The number of benzene rings is 2. The minimum Gasteiger partial charge on any atom is -0.493 e. The summed E-state index contributed by atoms with van der Waals surface area (Å²) in [6.07, 6.45) is -0.237. The molecule has 0 bridgehead atoms. The van der Waals surface area contributed by atoms with Gasteiger partial charge in [-0.05, 0) is 41.3 Å². The molecule has 2 N–H and O–H groups in total. The van der Waals surface area contributed by atoms with Crippen LogP contribution in [0.25, 0.3) is 0 Å². The first-order chi connectivity index (χ1) is 12.9. The van der Waals surface area contributed by atoms with E-state index in [1.807, 2.05) is 30.3 Å². The normalized spacial score (nSPS) is 10.4. The van der Waals surface area contributed by atoms with Crippen LogP contribution in [0.15, 0.2) is 42.5 Å². The molecule has 0 heterocycles. The summed E-state index contributed by atoms with van der Waals surface area (Å²) in [6.45, 7) is 4.52. The van der Waals surface area contributed by atoms with E-state index in [1.54, 1.807) is 26.4 Å². The van der Waals surface area contributed by atoms with Crippen LogP contribution in [0, 0.1) is 0 Å². The van der Waals surface area contributed by atoms with Crippen LogP contribution in [-0.2, 0) is 16.1 Å². The summed E-state index contributed by atoms with van der Waals surface area (Å²) in [5.41, 5.74) is 2.73. The lowest BCUT2D eigenvalue weighted by atomic mass is 10.0. The molecular weight excluding hydrogens is 344 g/mol. The third-order valence-electron chi connectivity index (χ3n) is 4.12. The average molecular weight is 370 g/mol. The van der Waals surface area contributed by atoms with Gasteiger partial charge in [-0.3, -0.25) is 9.59 Å². The maximum absolute atomic E-state index is 12.0. The zero-order valence-corrected chi connectivity index (χ0v) is 16.2. The molecule has 2 rings (SSSR count). The van der Waals surface area contributed by atoms with Crippen LogP contribution in [0.3, 0.4) is 0 Å². The highest BCUT2D eigenvalue weighted by Gasteiger charge is 2.11. The monoisotopic (exact) mass is 370 g/mol. The predicted molar refractivity (Wildman–Crippen MR) is 105 cm³/mol. The molecule has 2 aromatic rings. The quantitative estimate of drug-likeness (QED) is 0.698. The molecule has 0 saturated heterocycles. The lowest BCUT2D eigenvalue weighted by Gasteiger charge is -2.11.